The second-order valence-electron chi connectivity index (χ2n) is 3.54. The van der Waals surface area contributed by atoms with Gasteiger partial charge in [0.1, 0.15) is 0 Å². The lowest BCUT2D eigenvalue weighted by molar-refractivity contribution is -0.133. The number of fused-ring (bicyclic) bond motifs is 1. The molecule has 0 unspecified atom stereocenters. The number of benzene rings is 1. The van der Waals surface area contributed by atoms with Crippen molar-refractivity contribution in [1.82, 2.24) is 0 Å². The molecule has 0 aromatic heterocycles. The van der Waals surface area contributed by atoms with Crippen molar-refractivity contribution in [2.45, 2.75) is 6.42 Å². The molecule has 1 aromatic carbocycles. The van der Waals surface area contributed by atoms with E-state index in [-0.39, 0.29) is 5.75 Å². The number of nitrogens with two attached hydrogens (primary N) is 1. The van der Waals surface area contributed by atoms with Crippen LogP contribution in [0.1, 0.15) is 11.1 Å². The highest BCUT2D eigenvalue weighted by Gasteiger charge is 2.15. The monoisotopic (exact) mass is 236 g/mol. The van der Waals surface area contributed by atoms with Crippen LogP contribution < -0.4 is 5.73 Å². The van der Waals surface area contributed by atoms with Crippen LogP contribution in [0.4, 0.5) is 5.69 Å². The minimum atomic E-state index is -0.830. The van der Waals surface area contributed by atoms with Gasteiger partial charge >= 0.3 is 5.97 Å². The van der Waals surface area contributed by atoms with Gasteiger partial charge in [0.15, 0.2) is 0 Å². The molecule has 4 nitrogen and oxygen atoms in total. The third kappa shape index (κ3) is 2.36. The van der Waals surface area contributed by atoms with Crippen LogP contribution in [0.25, 0.3) is 0 Å². The average Bonchev–Trinajstić information content (AvgIpc) is 2.26. The number of carbonyl (C=O) groups is 1. The summed E-state index contributed by atoms with van der Waals surface area (Å²) in [5.74, 6) is -0.795. The number of anilines is 1. The van der Waals surface area contributed by atoms with E-state index in [1.807, 2.05) is 18.2 Å². The molecule has 0 radical (unpaired) electrons. The van der Waals surface area contributed by atoms with Crippen LogP contribution in [0.15, 0.2) is 23.2 Å². The molecule has 0 bridgehead atoms. The Morgan fingerprint density at radius 2 is 2.38 bits per heavy atom. The first-order chi connectivity index (χ1) is 7.66. The number of hydrogen-bond donors (Lipinski definition) is 2. The molecule has 1 heterocycles. The molecule has 1 aromatic rings. The van der Waals surface area contributed by atoms with Crippen LogP contribution in [0.3, 0.4) is 0 Å². The van der Waals surface area contributed by atoms with E-state index in [0.29, 0.717) is 5.69 Å². The molecule has 5 heteroatoms. The highest BCUT2D eigenvalue weighted by atomic mass is 32.2. The molecule has 16 heavy (non-hydrogen) atoms. The summed E-state index contributed by atoms with van der Waals surface area (Å²) < 4.78 is 0. The number of aliphatic imine (C=N–C) groups is 1. The van der Waals surface area contributed by atoms with Crippen molar-refractivity contribution in [1.29, 1.82) is 0 Å². The Morgan fingerprint density at radius 3 is 3.12 bits per heavy atom. The molecule has 0 atom stereocenters. The van der Waals surface area contributed by atoms with Gasteiger partial charge < -0.3 is 10.8 Å². The van der Waals surface area contributed by atoms with Gasteiger partial charge in [0.25, 0.3) is 0 Å². The lowest BCUT2D eigenvalue weighted by Gasteiger charge is -2.16. The number of nitrogens with zero attached hydrogens (tertiary/aromatic N) is 1. The Balaban J connectivity index is 2.25. The van der Waals surface area contributed by atoms with E-state index in [1.165, 1.54) is 17.3 Å². The molecule has 1 aliphatic rings. The number of thioether (sulfide) groups is 1. The average molecular weight is 236 g/mol. The van der Waals surface area contributed by atoms with Crippen LogP contribution in [-0.2, 0) is 11.2 Å². The van der Waals surface area contributed by atoms with Crippen LogP contribution in [0, 0.1) is 0 Å². The predicted molar refractivity (Wildman–Crippen MR) is 66.1 cm³/mol. The summed E-state index contributed by atoms with van der Waals surface area (Å²) in [6.45, 7) is 0.721. The molecule has 3 N–H and O–H groups in total. The fourth-order valence-corrected chi connectivity index (χ4v) is 2.42. The van der Waals surface area contributed by atoms with E-state index >= 15 is 0 Å². The van der Waals surface area contributed by atoms with Crippen molar-refractivity contribution in [2.75, 3.05) is 18.0 Å². The van der Waals surface area contributed by atoms with E-state index in [9.17, 15) is 4.79 Å². The molecule has 0 aliphatic carbocycles. The van der Waals surface area contributed by atoms with Crippen LogP contribution in [0.5, 0.6) is 0 Å². The minimum Gasteiger partial charge on any atom is -0.481 e. The van der Waals surface area contributed by atoms with Gasteiger partial charge in [-0.25, -0.2) is 0 Å². The van der Waals surface area contributed by atoms with Crippen molar-refractivity contribution in [3.05, 3.63) is 29.3 Å². The second-order valence-corrected chi connectivity index (χ2v) is 4.50. The summed E-state index contributed by atoms with van der Waals surface area (Å²) in [4.78, 5) is 14.9. The maximum atomic E-state index is 10.5. The molecule has 0 saturated carbocycles. The number of aliphatic carboxylic acids is 1. The molecule has 0 amide bonds. The second kappa shape index (κ2) is 4.57. The van der Waals surface area contributed by atoms with Crippen LogP contribution in [-0.4, -0.2) is 28.4 Å². The van der Waals surface area contributed by atoms with Gasteiger partial charge in [-0.3, -0.25) is 9.79 Å². The zero-order valence-corrected chi connectivity index (χ0v) is 9.46. The van der Waals surface area contributed by atoms with E-state index < -0.39 is 5.97 Å². The van der Waals surface area contributed by atoms with Gasteiger partial charge in [-0.2, -0.15) is 0 Å². The zero-order valence-electron chi connectivity index (χ0n) is 8.64. The first-order valence-electron chi connectivity index (χ1n) is 4.94. The number of carboxylic acid groups (broad SMARTS) is 1. The van der Waals surface area contributed by atoms with Gasteiger partial charge in [0, 0.05) is 17.8 Å². The Labute approximate surface area is 97.6 Å². The number of nitrogen functional groups attached to an aromatic ring is 1. The topological polar surface area (TPSA) is 75.7 Å². The number of hydrogen-bond acceptors (Lipinski definition) is 4. The minimum absolute atomic E-state index is 0.0348. The molecule has 2 rings (SSSR count). The first kappa shape index (κ1) is 11.0. The van der Waals surface area contributed by atoms with Gasteiger partial charge in [-0.15, -0.1) is 0 Å². The Bertz CT molecular complexity index is 457. The molecule has 1 aliphatic heterocycles. The summed E-state index contributed by atoms with van der Waals surface area (Å²) in [7, 11) is 0. The summed E-state index contributed by atoms with van der Waals surface area (Å²) >= 11 is 1.25. The third-order valence-electron chi connectivity index (χ3n) is 2.33. The van der Waals surface area contributed by atoms with Gasteiger partial charge in [-0.05, 0) is 24.1 Å². The molecule has 0 spiro atoms. The lowest BCUT2D eigenvalue weighted by Crippen LogP contribution is -2.12. The highest BCUT2D eigenvalue weighted by Crippen LogP contribution is 2.24. The fourth-order valence-electron chi connectivity index (χ4n) is 1.63. The Hall–Kier alpha value is -1.49. The van der Waals surface area contributed by atoms with Crippen LogP contribution in [0.2, 0.25) is 0 Å². The smallest absolute Gasteiger partial charge is 0.313 e. The van der Waals surface area contributed by atoms with Crippen molar-refractivity contribution < 1.29 is 9.90 Å². The number of rotatable bonds is 2. The zero-order chi connectivity index (χ0) is 11.5. The molecule has 0 fully saturated rings. The van der Waals surface area contributed by atoms with E-state index in [2.05, 4.69) is 4.99 Å². The molecule has 84 valence electrons. The van der Waals surface area contributed by atoms with Gasteiger partial charge in [0.05, 0.1) is 10.8 Å². The maximum absolute atomic E-state index is 10.5. The SMILES string of the molecule is Nc1ccc2c(c1)C(SCC(=O)O)=NCC2. The van der Waals surface area contributed by atoms with E-state index in [0.717, 1.165) is 23.6 Å². The summed E-state index contributed by atoms with van der Waals surface area (Å²) in [6.07, 6.45) is 0.896. The summed E-state index contributed by atoms with van der Waals surface area (Å²) in [5.41, 5.74) is 8.58. The number of carboxylic acids is 1. The molecule has 0 saturated heterocycles. The lowest BCUT2D eigenvalue weighted by atomic mass is 10.0. The van der Waals surface area contributed by atoms with Crippen molar-refractivity contribution >= 4 is 28.5 Å². The molecular weight excluding hydrogens is 224 g/mol. The summed E-state index contributed by atoms with van der Waals surface area (Å²) in [6, 6.07) is 5.71. The van der Waals surface area contributed by atoms with Gasteiger partial charge in [0.2, 0.25) is 0 Å². The summed E-state index contributed by atoms with van der Waals surface area (Å²) in [5, 5.41) is 9.43. The van der Waals surface area contributed by atoms with Gasteiger partial charge in [-0.1, -0.05) is 17.8 Å². The predicted octanol–water partition coefficient (Wildman–Crippen LogP) is 1.39. The standard InChI is InChI=1S/C11H12N2O2S/c12-8-2-1-7-3-4-13-11(9(7)5-8)16-6-10(14)15/h1-2,5H,3-4,6,12H2,(H,14,15). The maximum Gasteiger partial charge on any atom is 0.313 e. The van der Waals surface area contributed by atoms with Crippen molar-refractivity contribution in [2.24, 2.45) is 4.99 Å². The fraction of sp³-hybridized carbons (Fsp3) is 0.273. The first-order valence-corrected chi connectivity index (χ1v) is 5.93. The van der Waals surface area contributed by atoms with Crippen LogP contribution >= 0.6 is 11.8 Å². The Morgan fingerprint density at radius 1 is 1.56 bits per heavy atom. The quantitative estimate of drug-likeness (QED) is 0.761. The normalized spacial score (nSPS) is 14.1. The highest BCUT2D eigenvalue weighted by molar-refractivity contribution is 8.14. The van der Waals surface area contributed by atoms with Crippen molar-refractivity contribution in [3.8, 4) is 0 Å². The third-order valence-corrected chi connectivity index (χ3v) is 3.35. The van der Waals surface area contributed by atoms with Crippen molar-refractivity contribution in [3.63, 3.8) is 0 Å². The molecular formula is C11H12N2O2S. The Kier molecular flexibility index (Phi) is 3.14. The largest absolute Gasteiger partial charge is 0.481 e. The van der Waals surface area contributed by atoms with E-state index in [4.69, 9.17) is 10.8 Å². The van der Waals surface area contributed by atoms with E-state index in [1.54, 1.807) is 0 Å².